The van der Waals surface area contributed by atoms with Crippen molar-refractivity contribution < 1.29 is 29.0 Å². The number of aliphatic hydroxyl groups is 1. The number of carboxylic acid groups (broad SMARTS) is 1. The van der Waals surface area contributed by atoms with Crippen LogP contribution in [0.15, 0.2) is 28.5 Å². The van der Waals surface area contributed by atoms with Gasteiger partial charge in [0.15, 0.2) is 0 Å². The van der Waals surface area contributed by atoms with Crippen molar-refractivity contribution in [2.45, 2.75) is 50.3 Å². The van der Waals surface area contributed by atoms with Crippen LogP contribution in [0.4, 0.5) is 8.78 Å². The zero-order valence-electron chi connectivity index (χ0n) is 17.4. The SMILES string of the molecule is C[C@H]1CC(O)(c2nc3c(cc2F)c(=O)c(C(=O)O)cn3C2CC2)C/C(=C(\F)CN)CN1O. The van der Waals surface area contributed by atoms with Gasteiger partial charge < -0.3 is 25.7 Å². The zero-order chi connectivity index (χ0) is 23.4. The maximum Gasteiger partial charge on any atom is 0.341 e. The van der Waals surface area contributed by atoms with Crippen molar-refractivity contribution in [2.75, 3.05) is 13.1 Å². The van der Waals surface area contributed by atoms with Crippen molar-refractivity contribution in [3.8, 4) is 0 Å². The normalized spacial score (nSPS) is 26.2. The molecule has 0 amide bonds. The van der Waals surface area contributed by atoms with E-state index in [1.54, 1.807) is 6.92 Å². The molecule has 1 saturated carbocycles. The van der Waals surface area contributed by atoms with Gasteiger partial charge in [-0.1, -0.05) is 0 Å². The summed E-state index contributed by atoms with van der Waals surface area (Å²) in [6.45, 7) is 0.934. The summed E-state index contributed by atoms with van der Waals surface area (Å²) in [4.78, 5) is 28.4. The lowest BCUT2D eigenvalue weighted by Crippen LogP contribution is -2.36. The van der Waals surface area contributed by atoms with Gasteiger partial charge >= 0.3 is 5.97 Å². The number of hydrogen-bond acceptors (Lipinski definition) is 7. The van der Waals surface area contributed by atoms with Gasteiger partial charge in [-0.15, -0.1) is 0 Å². The molecule has 1 aliphatic carbocycles. The third-order valence-corrected chi connectivity index (χ3v) is 6.13. The quantitative estimate of drug-likeness (QED) is 0.553. The van der Waals surface area contributed by atoms with E-state index in [1.807, 2.05) is 0 Å². The molecule has 2 aliphatic rings. The smallest absolute Gasteiger partial charge is 0.341 e. The molecule has 11 heteroatoms. The Bertz CT molecular complexity index is 1190. The number of hydrogen-bond donors (Lipinski definition) is 4. The molecule has 1 saturated heterocycles. The molecule has 0 radical (unpaired) electrons. The summed E-state index contributed by atoms with van der Waals surface area (Å²) >= 11 is 0. The average Bonchev–Trinajstić information content (AvgIpc) is 3.57. The van der Waals surface area contributed by atoms with Crippen molar-refractivity contribution in [3.63, 3.8) is 0 Å². The minimum Gasteiger partial charge on any atom is -0.477 e. The van der Waals surface area contributed by atoms with Gasteiger partial charge in [0, 0.05) is 37.8 Å². The van der Waals surface area contributed by atoms with E-state index in [2.05, 4.69) is 4.98 Å². The molecule has 2 aromatic rings. The fourth-order valence-electron chi connectivity index (χ4n) is 4.29. The lowest BCUT2D eigenvalue weighted by atomic mass is 9.86. The van der Waals surface area contributed by atoms with Gasteiger partial charge in [0.05, 0.1) is 5.39 Å². The molecule has 5 N–H and O–H groups in total. The molecule has 2 aromatic heterocycles. The van der Waals surface area contributed by atoms with Crippen molar-refractivity contribution in [3.05, 3.63) is 51.0 Å². The maximum atomic E-state index is 15.2. The second kappa shape index (κ2) is 8.00. The van der Waals surface area contributed by atoms with Crippen LogP contribution in [0.5, 0.6) is 0 Å². The third kappa shape index (κ3) is 3.81. The van der Waals surface area contributed by atoms with E-state index in [0.717, 1.165) is 24.0 Å². The van der Waals surface area contributed by atoms with Gasteiger partial charge in [0.2, 0.25) is 5.43 Å². The molecule has 2 fully saturated rings. The van der Waals surface area contributed by atoms with Crippen molar-refractivity contribution in [2.24, 2.45) is 5.73 Å². The number of pyridine rings is 2. The maximum absolute atomic E-state index is 15.2. The molecule has 0 bridgehead atoms. The summed E-state index contributed by atoms with van der Waals surface area (Å²) in [5, 5.41) is 31.7. The first-order valence-electron chi connectivity index (χ1n) is 10.3. The highest BCUT2D eigenvalue weighted by atomic mass is 19.1. The molecule has 172 valence electrons. The van der Waals surface area contributed by atoms with Crippen LogP contribution in [-0.2, 0) is 5.60 Å². The van der Waals surface area contributed by atoms with Gasteiger partial charge in [0.1, 0.15) is 34.1 Å². The molecular weight excluding hydrogens is 426 g/mol. The second-order valence-corrected chi connectivity index (χ2v) is 8.58. The molecule has 0 spiro atoms. The third-order valence-electron chi connectivity index (χ3n) is 6.13. The minimum atomic E-state index is -1.99. The summed E-state index contributed by atoms with van der Waals surface area (Å²) in [6.07, 6.45) is 2.14. The van der Waals surface area contributed by atoms with E-state index in [4.69, 9.17) is 5.73 Å². The first kappa shape index (κ1) is 22.5. The Labute approximate surface area is 181 Å². The van der Waals surface area contributed by atoms with E-state index in [1.165, 1.54) is 10.8 Å². The molecule has 3 heterocycles. The summed E-state index contributed by atoms with van der Waals surface area (Å²) in [7, 11) is 0. The number of nitrogens with two attached hydrogens (primary N) is 1. The summed E-state index contributed by atoms with van der Waals surface area (Å²) in [5.74, 6) is -3.17. The number of aromatic nitrogens is 2. The van der Waals surface area contributed by atoms with Crippen LogP contribution in [0.1, 0.15) is 54.7 Å². The van der Waals surface area contributed by atoms with Gasteiger partial charge in [-0.2, -0.15) is 5.06 Å². The molecule has 1 unspecified atom stereocenters. The van der Waals surface area contributed by atoms with E-state index in [0.29, 0.717) is 0 Å². The lowest BCUT2D eigenvalue weighted by Gasteiger charge is -2.29. The number of rotatable bonds is 4. The largest absolute Gasteiger partial charge is 0.477 e. The Hall–Kier alpha value is -2.73. The molecule has 2 atom stereocenters. The van der Waals surface area contributed by atoms with Crippen LogP contribution >= 0.6 is 0 Å². The Balaban J connectivity index is 1.95. The number of carbonyl (C=O) groups is 1. The van der Waals surface area contributed by atoms with Gasteiger partial charge in [-0.3, -0.25) is 4.79 Å². The lowest BCUT2D eigenvalue weighted by molar-refractivity contribution is -0.124. The van der Waals surface area contributed by atoms with Crippen molar-refractivity contribution >= 4 is 17.0 Å². The first-order chi connectivity index (χ1) is 15.1. The molecule has 32 heavy (non-hydrogen) atoms. The topological polar surface area (TPSA) is 142 Å². The summed E-state index contributed by atoms with van der Waals surface area (Å²) < 4.78 is 31.1. The van der Waals surface area contributed by atoms with Crippen molar-refractivity contribution in [1.82, 2.24) is 14.6 Å². The van der Waals surface area contributed by atoms with Crippen LogP contribution in [0.3, 0.4) is 0 Å². The fourth-order valence-corrected chi connectivity index (χ4v) is 4.29. The van der Waals surface area contributed by atoms with E-state index < -0.39 is 52.5 Å². The number of aromatic carboxylic acids is 1. The second-order valence-electron chi connectivity index (χ2n) is 8.58. The summed E-state index contributed by atoms with van der Waals surface area (Å²) in [6, 6.07) is 0.112. The van der Waals surface area contributed by atoms with Crippen molar-refractivity contribution in [1.29, 1.82) is 0 Å². The number of nitrogens with zero attached hydrogens (tertiary/aromatic N) is 3. The fraction of sp³-hybridized carbons (Fsp3) is 0.476. The number of halogens is 2. The summed E-state index contributed by atoms with van der Waals surface area (Å²) in [5.41, 5.74) is 1.70. The van der Waals surface area contributed by atoms with E-state index in [-0.39, 0.29) is 42.0 Å². The Morgan fingerprint density at radius 3 is 2.69 bits per heavy atom. The Morgan fingerprint density at radius 1 is 1.41 bits per heavy atom. The van der Waals surface area contributed by atoms with E-state index in [9.17, 15) is 29.4 Å². The molecule has 1 aliphatic heterocycles. The van der Waals surface area contributed by atoms with Gasteiger partial charge in [-0.05, 0) is 37.8 Å². The Kier molecular flexibility index (Phi) is 5.61. The molecule has 0 aromatic carbocycles. The van der Waals surface area contributed by atoms with Gasteiger partial charge in [-0.25, -0.2) is 18.6 Å². The average molecular weight is 450 g/mol. The Morgan fingerprint density at radius 2 is 2.09 bits per heavy atom. The molecule has 9 nitrogen and oxygen atoms in total. The highest BCUT2D eigenvalue weighted by Crippen LogP contribution is 2.40. The minimum absolute atomic E-state index is 0.0176. The van der Waals surface area contributed by atoms with Crippen LogP contribution in [-0.4, -0.2) is 55.1 Å². The zero-order valence-corrected chi connectivity index (χ0v) is 17.4. The number of hydroxylamine groups is 2. The first-order valence-corrected chi connectivity index (χ1v) is 10.3. The monoisotopic (exact) mass is 450 g/mol. The standard InChI is InChI=1S/C21H24F2N4O5/c1-10-5-21(31,6-11(8-27(10)32)16(23)7-24)18-15(22)4-13-17(28)14(20(29)30)9-26(12-2-3-12)19(13)25-18/h4,9-10,12,31-32H,2-3,5-8,24H2,1H3,(H,29,30)/b16-11+/t10-,21?/m0/s1. The van der Waals surface area contributed by atoms with Crippen LogP contribution in [0.2, 0.25) is 0 Å². The predicted octanol–water partition coefficient (Wildman–Crippen LogP) is 1.81. The number of fused-ring (bicyclic) bond motifs is 1. The molecular formula is C21H24F2N4O5. The number of carboxylic acids is 1. The van der Waals surface area contributed by atoms with Gasteiger partial charge in [0.25, 0.3) is 0 Å². The highest BCUT2D eigenvalue weighted by Gasteiger charge is 2.42. The van der Waals surface area contributed by atoms with Crippen LogP contribution < -0.4 is 11.2 Å². The van der Waals surface area contributed by atoms with Crippen LogP contribution in [0.25, 0.3) is 11.0 Å². The van der Waals surface area contributed by atoms with E-state index >= 15 is 4.39 Å². The highest BCUT2D eigenvalue weighted by molar-refractivity contribution is 5.91. The molecule has 4 rings (SSSR count). The predicted molar refractivity (Wildman–Crippen MR) is 109 cm³/mol. The van der Waals surface area contributed by atoms with Crippen LogP contribution in [0, 0.1) is 5.82 Å².